The summed E-state index contributed by atoms with van der Waals surface area (Å²) in [6.07, 6.45) is 2.10. The third kappa shape index (κ3) is 3.15. The van der Waals surface area contributed by atoms with Crippen molar-refractivity contribution >= 4 is 28.3 Å². The highest BCUT2D eigenvalue weighted by Gasteiger charge is 2.60. The third-order valence-electron chi connectivity index (χ3n) is 6.43. The van der Waals surface area contributed by atoms with Crippen LogP contribution < -0.4 is 9.64 Å². The highest BCUT2D eigenvalue weighted by atomic mass is 35.5. The molecule has 2 aliphatic heterocycles. The summed E-state index contributed by atoms with van der Waals surface area (Å²) in [6.45, 7) is 1.30. The van der Waals surface area contributed by atoms with Crippen molar-refractivity contribution in [2.24, 2.45) is 0 Å². The predicted molar refractivity (Wildman–Crippen MR) is 103 cm³/mol. The highest BCUT2D eigenvalue weighted by molar-refractivity contribution is 6.30. The zero-order valence-electron chi connectivity index (χ0n) is 16.2. The van der Waals surface area contributed by atoms with Gasteiger partial charge in [-0.15, -0.1) is 0 Å². The zero-order valence-corrected chi connectivity index (χ0v) is 17.0. The van der Waals surface area contributed by atoms with Crippen molar-refractivity contribution in [2.75, 3.05) is 31.6 Å². The minimum absolute atomic E-state index is 0.0933. The first kappa shape index (κ1) is 20.0. The Morgan fingerprint density at radius 2 is 2.10 bits per heavy atom. The van der Waals surface area contributed by atoms with E-state index in [1.807, 2.05) is 0 Å². The number of hydrogen-bond donors (Lipinski definition) is 0. The molecular weight excluding hydrogens is 426 g/mol. The first-order valence-electron chi connectivity index (χ1n) is 9.84. The van der Waals surface area contributed by atoms with Gasteiger partial charge in [-0.2, -0.15) is 9.97 Å². The molecule has 4 heterocycles. The van der Waals surface area contributed by atoms with Gasteiger partial charge >= 0.3 is 6.01 Å². The highest BCUT2D eigenvalue weighted by Crippen LogP contribution is 2.47. The lowest BCUT2D eigenvalue weighted by Crippen LogP contribution is -2.43. The lowest BCUT2D eigenvalue weighted by molar-refractivity contribution is 0.107. The van der Waals surface area contributed by atoms with E-state index in [1.54, 1.807) is 0 Å². The van der Waals surface area contributed by atoms with Crippen LogP contribution in [0.15, 0.2) is 6.20 Å². The molecule has 0 spiro atoms. The van der Waals surface area contributed by atoms with Crippen molar-refractivity contribution in [3.8, 4) is 6.01 Å². The first-order chi connectivity index (χ1) is 14.2. The predicted octanol–water partition coefficient (Wildman–Crippen LogP) is 3.62. The monoisotopic (exact) mass is 445 g/mol. The van der Waals surface area contributed by atoms with Crippen LogP contribution in [0.4, 0.5) is 23.4 Å². The summed E-state index contributed by atoms with van der Waals surface area (Å²) in [5.74, 6) is -3.62. The molecule has 0 bridgehead atoms. The molecule has 0 radical (unpaired) electrons. The maximum Gasteiger partial charge on any atom is 0.319 e. The standard InChI is InChI=1S/C19H20ClF4N5O/c1-28(12-6-19(12,23)24)16-11-7-25-15(20)13(22)14(11)26-17(27-16)30-9-18-3-2-4-29(18)8-10(21)5-18/h7,10,12H,2-6,8-9H2,1H3/t10-,12?,18+/m1/s1. The minimum atomic E-state index is -2.84. The first-order valence-corrected chi connectivity index (χ1v) is 10.2. The number of nitrogens with zero attached hydrogens (tertiary/aromatic N) is 5. The number of ether oxygens (including phenoxy) is 1. The van der Waals surface area contributed by atoms with Crippen LogP contribution in [-0.4, -0.2) is 70.3 Å². The molecule has 0 amide bonds. The van der Waals surface area contributed by atoms with Crippen LogP contribution in [0, 0.1) is 5.82 Å². The average Bonchev–Trinajstić information content (AvgIpc) is 3.01. The van der Waals surface area contributed by atoms with Gasteiger partial charge in [0.2, 0.25) is 0 Å². The van der Waals surface area contributed by atoms with Crippen LogP contribution in [0.2, 0.25) is 5.15 Å². The van der Waals surface area contributed by atoms with Gasteiger partial charge in [-0.25, -0.2) is 22.5 Å². The Hall–Kier alpha value is -1.94. The summed E-state index contributed by atoms with van der Waals surface area (Å²) in [7, 11) is 1.46. The molecule has 3 aliphatic rings. The van der Waals surface area contributed by atoms with Crippen molar-refractivity contribution in [3.63, 3.8) is 0 Å². The Balaban J connectivity index is 1.50. The molecule has 2 saturated heterocycles. The number of aromatic nitrogens is 3. The second-order valence-corrected chi connectivity index (χ2v) is 8.77. The topological polar surface area (TPSA) is 54.4 Å². The van der Waals surface area contributed by atoms with E-state index in [9.17, 15) is 17.6 Å². The molecular formula is C19H20ClF4N5O. The third-order valence-corrected chi connectivity index (χ3v) is 6.69. The van der Waals surface area contributed by atoms with Crippen molar-refractivity contribution in [3.05, 3.63) is 17.2 Å². The molecule has 3 atom stereocenters. The zero-order chi connectivity index (χ0) is 21.3. The van der Waals surface area contributed by atoms with Crippen molar-refractivity contribution in [1.82, 2.24) is 19.9 Å². The normalized spacial score (nSPS) is 29.9. The summed E-state index contributed by atoms with van der Waals surface area (Å²) in [5, 5.41) is -0.214. The number of halogens is 5. The molecule has 1 aliphatic carbocycles. The molecule has 2 aromatic rings. The number of fused-ring (bicyclic) bond motifs is 2. The summed E-state index contributed by atoms with van der Waals surface area (Å²) in [6, 6.07) is -1.20. The molecule has 6 nitrogen and oxygen atoms in total. The van der Waals surface area contributed by atoms with E-state index in [-0.39, 0.29) is 40.9 Å². The van der Waals surface area contributed by atoms with E-state index in [0.29, 0.717) is 13.0 Å². The molecule has 5 rings (SSSR count). The van der Waals surface area contributed by atoms with Gasteiger partial charge in [0.1, 0.15) is 24.1 Å². The fraction of sp³-hybridized carbons (Fsp3) is 0.632. The van der Waals surface area contributed by atoms with Crippen molar-refractivity contribution in [2.45, 2.75) is 49.4 Å². The van der Waals surface area contributed by atoms with Crippen LogP contribution in [0.3, 0.4) is 0 Å². The Bertz CT molecular complexity index is 1010. The van der Waals surface area contributed by atoms with E-state index in [0.717, 1.165) is 19.4 Å². The van der Waals surface area contributed by atoms with Crippen LogP contribution in [0.1, 0.15) is 25.7 Å². The van der Waals surface area contributed by atoms with E-state index in [1.165, 1.54) is 18.1 Å². The molecule has 1 saturated carbocycles. The molecule has 30 heavy (non-hydrogen) atoms. The van der Waals surface area contributed by atoms with Gasteiger partial charge in [0.05, 0.1) is 17.0 Å². The minimum Gasteiger partial charge on any atom is -0.461 e. The van der Waals surface area contributed by atoms with Crippen molar-refractivity contribution < 1.29 is 22.3 Å². The van der Waals surface area contributed by atoms with Crippen LogP contribution in [0.25, 0.3) is 10.9 Å². The van der Waals surface area contributed by atoms with Crippen molar-refractivity contribution in [1.29, 1.82) is 0 Å². The fourth-order valence-corrected chi connectivity index (χ4v) is 4.89. The number of rotatable bonds is 5. The van der Waals surface area contributed by atoms with E-state index >= 15 is 0 Å². The molecule has 0 N–H and O–H groups in total. The smallest absolute Gasteiger partial charge is 0.319 e. The Morgan fingerprint density at radius 3 is 2.83 bits per heavy atom. The molecule has 11 heteroatoms. The average molecular weight is 446 g/mol. The summed E-state index contributed by atoms with van der Waals surface area (Å²) in [4.78, 5) is 15.5. The molecule has 0 aromatic carbocycles. The quantitative estimate of drug-likeness (QED) is 0.517. The maximum absolute atomic E-state index is 14.6. The largest absolute Gasteiger partial charge is 0.461 e. The lowest BCUT2D eigenvalue weighted by Gasteiger charge is -2.31. The second-order valence-electron chi connectivity index (χ2n) is 8.41. The van der Waals surface area contributed by atoms with Crippen LogP contribution in [0.5, 0.6) is 6.01 Å². The van der Waals surface area contributed by atoms with Crippen LogP contribution >= 0.6 is 11.6 Å². The summed E-state index contributed by atoms with van der Waals surface area (Å²) in [5.41, 5.74) is -0.594. The number of anilines is 1. The Kier molecular flexibility index (Phi) is 4.52. The van der Waals surface area contributed by atoms with Gasteiger partial charge in [0, 0.05) is 32.6 Å². The maximum atomic E-state index is 14.6. The van der Waals surface area contributed by atoms with E-state index in [2.05, 4.69) is 19.9 Å². The van der Waals surface area contributed by atoms with Gasteiger partial charge in [-0.05, 0) is 19.4 Å². The molecule has 162 valence electrons. The van der Waals surface area contributed by atoms with Gasteiger partial charge in [-0.1, -0.05) is 11.6 Å². The molecule has 3 fully saturated rings. The molecule has 2 aromatic heterocycles. The fourth-order valence-electron chi connectivity index (χ4n) is 4.75. The Morgan fingerprint density at radius 1 is 1.33 bits per heavy atom. The van der Waals surface area contributed by atoms with Gasteiger partial charge < -0.3 is 9.64 Å². The lowest BCUT2D eigenvalue weighted by atomic mass is 9.95. The van der Waals surface area contributed by atoms with Gasteiger partial charge in [0.25, 0.3) is 5.92 Å². The number of alkyl halides is 3. The second kappa shape index (κ2) is 6.78. The van der Waals surface area contributed by atoms with E-state index in [4.69, 9.17) is 16.3 Å². The SMILES string of the molecule is CN(c1nc(OC[C@@]23CCCN2C[C@H](F)C3)nc2c(F)c(Cl)ncc12)C1CC1(F)F. The van der Waals surface area contributed by atoms with E-state index < -0.39 is 29.5 Å². The number of pyridine rings is 1. The number of hydrogen-bond acceptors (Lipinski definition) is 6. The van der Waals surface area contributed by atoms with Gasteiger partial charge in [-0.3, -0.25) is 4.90 Å². The molecule has 1 unspecified atom stereocenters. The van der Waals surface area contributed by atoms with Gasteiger partial charge in [0.15, 0.2) is 11.0 Å². The van der Waals surface area contributed by atoms with Crippen LogP contribution in [-0.2, 0) is 0 Å². The summed E-state index contributed by atoms with van der Waals surface area (Å²) >= 11 is 5.79. The summed E-state index contributed by atoms with van der Waals surface area (Å²) < 4.78 is 61.7. The Labute approximate surface area is 175 Å².